The van der Waals surface area contributed by atoms with Crippen LogP contribution in [0.25, 0.3) is 10.4 Å². The first kappa shape index (κ1) is 5.91. The first-order valence-corrected chi connectivity index (χ1v) is 2.55. The van der Waals surface area contributed by atoms with Crippen molar-refractivity contribution in [3.8, 4) is 0 Å². The monoisotopic (exact) mass is 127 g/mol. The zero-order valence-corrected chi connectivity index (χ0v) is 4.65. The summed E-state index contributed by atoms with van der Waals surface area (Å²) in [6, 6.07) is -0.574. The minimum Gasteiger partial charge on any atom is -0.465 e. The SMILES string of the molecule is [N-]=[N+]=N[C@@H]1CCOC1=O. The molecule has 0 aromatic rings. The van der Waals surface area contributed by atoms with Crippen LogP contribution in [0, 0.1) is 0 Å². The molecule has 1 fully saturated rings. The third kappa shape index (κ3) is 1.12. The molecule has 1 aliphatic heterocycles. The van der Waals surface area contributed by atoms with Crippen molar-refractivity contribution in [2.45, 2.75) is 12.5 Å². The van der Waals surface area contributed by atoms with E-state index in [0.29, 0.717) is 13.0 Å². The summed E-state index contributed by atoms with van der Waals surface area (Å²) in [5, 5.41) is 3.21. The lowest BCUT2D eigenvalue weighted by Gasteiger charge is -1.89. The summed E-state index contributed by atoms with van der Waals surface area (Å²) < 4.78 is 4.51. The molecule has 0 aromatic carbocycles. The fourth-order valence-corrected chi connectivity index (χ4v) is 0.652. The van der Waals surface area contributed by atoms with Gasteiger partial charge in [-0.3, -0.25) is 4.79 Å². The highest BCUT2D eigenvalue weighted by atomic mass is 16.5. The van der Waals surface area contributed by atoms with E-state index in [9.17, 15) is 4.79 Å². The number of azide groups is 1. The second-order valence-corrected chi connectivity index (χ2v) is 1.68. The highest BCUT2D eigenvalue weighted by Crippen LogP contribution is 2.09. The summed E-state index contributed by atoms with van der Waals surface area (Å²) in [6.45, 7) is 0.377. The molecule has 1 heterocycles. The fourth-order valence-electron chi connectivity index (χ4n) is 0.652. The van der Waals surface area contributed by atoms with Crippen LogP contribution >= 0.6 is 0 Å². The summed E-state index contributed by atoms with van der Waals surface area (Å²) >= 11 is 0. The zero-order valence-electron chi connectivity index (χ0n) is 4.65. The highest BCUT2D eigenvalue weighted by molar-refractivity contribution is 5.77. The molecule has 0 saturated carbocycles. The van der Waals surface area contributed by atoms with Gasteiger partial charge in [0.25, 0.3) is 0 Å². The molecule has 0 aliphatic carbocycles. The van der Waals surface area contributed by atoms with Gasteiger partial charge in [-0.25, -0.2) is 0 Å². The van der Waals surface area contributed by atoms with Crippen molar-refractivity contribution in [3.05, 3.63) is 10.4 Å². The Labute approximate surface area is 51.2 Å². The Hall–Kier alpha value is -1.22. The van der Waals surface area contributed by atoms with Crippen LogP contribution in [0.3, 0.4) is 0 Å². The van der Waals surface area contributed by atoms with Gasteiger partial charge in [-0.1, -0.05) is 5.11 Å². The Kier molecular flexibility index (Phi) is 1.55. The normalized spacial score (nSPS) is 24.9. The van der Waals surface area contributed by atoms with E-state index in [-0.39, 0.29) is 0 Å². The van der Waals surface area contributed by atoms with Crippen molar-refractivity contribution in [3.63, 3.8) is 0 Å². The van der Waals surface area contributed by atoms with Gasteiger partial charge in [0.1, 0.15) is 6.04 Å². The quantitative estimate of drug-likeness (QED) is 0.224. The smallest absolute Gasteiger partial charge is 0.315 e. The fraction of sp³-hybridized carbons (Fsp3) is 0.750. The summed E-state index contributed by atoms with van der Waals surface area (Å²) in [4.78, 5) is 13.0. The van der Waals surface area contributed by atoms with Crippen molar-refractivity contribution >= 4 is 5.97 Å². The van der Waals surface area contributed by atoms with Crippen molar-refractivity contribution in [1.29, 1.82) is 0 Å². The van der Waals surface area contributed by atoms with Gasteiger partial charge in [0.05, 0.1) is 6.61 Å². The second kappa shape index (κ2) is 2.37. The molecule has 0 aromatic heterocycles. The van der Waals surface area contributed by atoms with Crippen LogP contribution in [0.5, 0.6) is 0 Å². The molecule has 5 heteroatoms. The van der Waals surface area contributed by atoms with E-state index in [1.165, 1.54) is 0 Å². The summed E-state index contributed by atoms with van der Waals surface area (Å²) in [5.41, 5.74) is 7.90. The Morgan fingerprint density at radius 1 is 1.89 bits per heavy atom. The van der Waals surface area contributed by atoms with Crippen LogP contribution in [-0.4, -0.2) is 18.6 Å². The number of ether oxygens (including phenoxy) is 1. The van der Waals surface area contributed by atoms with E-state index in [1.807, 2.05) is 0 Å². The van der Waals surface area contributed by atoms with Crippen molar-refractivity contribution in [2.75, 3.05) is 6.61 Å². The van der Waals surface area contributed by atoms with Gasteiger partial charge in [0.2, 0.25) is 0 Å². The van der Waals surface area contributed by atoms with Crippen molar-refractivity contribution < 1.29 is 9.53 Å². The predicted octanol–water partition coefficient (Wildman–Crippen LogP) is 0.612. The largest absolute Gasteiger partial charge is 0.465 e. The first-order chi connectivity index (χ1) is 4.34. The van der Waals surface area contributed by atoms with Crippen molar-refractivity contribution in [1.82, 2.24) is 0 Å². The average Bonchev–Trinajstić information content (AvgIpc) is 2.18. The lowest BCUT2D eigenvalue weighted by Crippen LogP contribution is -2.09. The van der Waals surface area contributed by atoms with Gasteiger partial charge in [-0.2, -0.15) is 0 Å². The molecule has 0 N–H and O–H groups in total. The summed E-state index contributed by atoms with van der Waals surface area (Å²) in [6.07, 6.45) is 0.517. The molecule has 0 bridgehead atoms. The molecule has 0 amide bonds. The molecule has 0 radical (unpaired) electrons. The standard InChI is InChI=1S/C4H5N3O2/c5-7-6-3-1-2-9-4(3)8/h3H,1-2H2/t3-/m1/s1. The topological polar surface area (TPSA) is 75.1 Å². The van der Waals surface area contributed by atoms with Crippen molar-refractivity contribution in [2.24, 2.45) is 5.11 Å². The average molecular weight is 127 g/mol. The number of nitrogens with zero attached hydrogens (tertiary/aromatic N) is 3. The molecule has 5 nitrogen and oxygen atoms in total. The summed E-state index contributed by atoms with van der Waals surface area (Å²) in [5.74, 6) is -0.409. The lowest BCUT2D eigenvalue weighted by atomic mass is 10.3. The molecule has 1 rings (SSSR count). The van der Waals surface area contributed by atoms with E-state index < -0.39 is 12.0 Å². The van der Waals surface area contributed by atoms with E-state index in [4.69, 9.17) is 5.53 Å². The van der Waals surface area contributed by atoms with Crippen LogP contribution in [0.4, 0.5) is 0 Å². The number of hydrogen-bond donors (Lipinski definition) is 0. The van der Waals surface area contributed by atoms with Crippen LogP contribution in [-0.2, 0) is 9.53 Å². The maximum absolute atomic E-state index is 10.5. The van der Waals surface area contributed by atoms with E-state index in [1.54, 1.807) is 0 Å². The molecule has 1 aliphatic rings. The maximum Gasteiger partial charge on any atom is 0.315 e. The third-order valence-corrected chi connectivity index (χ3v) is 1.10. The van der Waals surface area contributed by atoms with Gasteiger partial charge in [0.15, 0.2) is 0 Å². The van der Waals surface area contributed by atoms with E-state index in [2.05, 4.69) is 14.8 Å². The molecule has 48 valence electrons. The number of carbonyl (C=O) groups is 1. The Morgan fingerprint density at radius 3 is 3.11 bits per heavy atom. The zero-order chi connectivity index (χ0) is 6.69. The first-order valence-electron chi connectivity index (χ1n) is 2.55. The molecular formula is C4H5N3O2. The van der Waals surface area contributed by atoms with Crippen LogP contribution in [0.15, 0.2) is 5.11 Å². The van der Waals surface area contributed by atoms with E-state index >= 15 is 0 Å². The van der Waals surface area contributed by atoms with Gasteiger partial charge in [-0.15, -0.1) is 0 Å². The summed E-state index contributed by atoms with van der Waals surface area (Å²) in [7, 11) is 0. The minimum absolute atomic E-state index is 0.377. The van der Waals surface area contributed by atoms with Gasteiger partial charge >= 0.3 is 5.97 Å². The molecule has 9 heavy (non-hydrogen) atoms. The van der Waals surface area contributed by atoms with Crippen LogP contribution in [0.1, 0.15) is 6.42 Å². The van der Waals surface area contributed by atoms with Gasteiger partial charge < -0.3 is 4.74 Å². The lowest BCUT2D eigenvalue weighted by molar-refractivity contribution is -0.138. The molecular weight excluding hydrogens is 122 g/mol. The Morgan fingerprint density at radius 2 is 2.67 bits per heavy atom. The van der Waals surface area contributed by atoms with Gasteiger partial charge in [0, 0.05) is 11.3 Å². The van der Waals surface area contributed by atoms with E-state index in [0.717, 1.165) is 0 Å². The Bertz CT molecular complexity index is 173. The van der Waals surface area contributed by atoms with Gasteiger partial charge in [-0.05, 0) is 5.53 Å². The number of cyclic esters (lactones) is 1. The van der Waals surface area contributed by atoms with Crippen LogP contribution < -0.4 is 0 Å². The Balaban J connectivity index is 2.59. The second-order valence-electron chi connectivity index (χ2n) is 1.68. The molecule has 1 atom stereocenters. The van der Waals surface area contributed by atoms with Crippen LogP contribution in [0.2, 0.25) is 0 Å². The number of esters is 1. The predicted molar refractivity (Wildman–Crippen MR) is 28.5 cm³/mol. The molecule has 1 saturated heterocycles. The molecule has 0 unspecified atom stereocenters. The third-order valence-electron chi connectivity index (χ3n) is 1.10. The minimum atomic E-state index is -0.574. The number of rotatable bonds is 1. The maximum atomic E-state index is 10.5. The highest BCUT2D eigenvalue weighted by Gasteiger charge is 2.24. The number of carbonyl (C=O) groups excluding carboxylic acids is 1. The number of hydrogen-bond acceptors (Lipinski definition) is 3. The molecule has 0 spiro atoms.